The van der Waals surface area contributed by atoms with Crippen LogP contribution in [0.15, 0.2) is 46.4 Å². The molecule has 6 aliphatic rings. The summed E-state index contributed by atoms with van der Waals surface area (Å²) in [6.07, 6.45) is 8.32. The second-order valence-electron chi connectivity index (χ2n) is 16.4. The molecule has 3 atom stereocenters. The second kappa shape index (κ2) is 19.0. The number of aliphatic hydroxyl groups excluding tert-OH is 2. The Balaban J connectivity index is 0.000000534. The molecular formula is C43H67BN6NaO8. The van der Waals surface area contributed by atoms with Gasteiger partial charge in [0.05, 0.1) is 18.3 Å². The van der Waals surface area contributed by atoms with Crippen LogP contribution in [0.4, 0.5) is 0 Å². The van der Waals surface area contributed by atoms with E-state index >= 15 is 0 Å². The summed E-state index contributed by atoms with van der Waals surface area (Å²) in [7, 11) is 7.82. The van der Waals surface area contributed by atoms with Gasteiger partial charge >= 0.3 is 29.6 Å². The van der Waals surface area contributed by atoms with Crippen molar-refractivity contribution in [1.82, 2.24) is 9.80 Å². The van der Waals surface area contributed by atoms with Gasteiger partial charge < -0.3 is 42.8 Å². The van der Waals surface area contributed by atoms with E-state index in [2.05, 4.69) is 0 Å². The normalized spacial score (nSPS) is 30.4. The number of rotatable bonds is 4. The first-order valence-electron chi connectivity index (χ1n) is 19.2. The van der Waals surface area contributed by atoms with Crippen molar-refractivity contribution in [3.63, 3.8) is 0 Å². The molecule has 2 aliphatic heterocycles. The molecule has 0 aromatic heterocycles. The fraction of sp³-hybridized carbons (Fsp3) is 0.628. The van der Waals surface area contributed by atoms with Crippen molar-refractivity contribution in [2.45, 2.75) is 128 Å². The van der Waals surface area contributed by atoms with Gasteiger partial charge in [0.15, 0.2) is 28.8 Å². The van der Waals surface area contributed by atoms with Gasteiger partial charge in [0.2, 0.25) is 0 Å². The monoisotopic (exact) mass is 830 g/mol. The van der Waals surface area contributed by atoms with Crippen LogP contribution in [0.25, 0.3) is 0 Å². The number of aliphatic imine (C=N–C) groups is 2. The minimum absolute atomic E-state index is 0. The summed E-state index contributed by atoms with van der Waals surface area (Å²) in [5, 5.41) is 37.2. The molecule has 16 heteroatoms. The van der Waals surface area contributed by atoms with Gasteiger partial charge in [-0.05, 0) is 118 Å². The number of fused-ring (bicyclic) bond motifs is 6. The fourth-order valence-corrected chi connectivity index (χ4v) is 10.4. The zero-order chi connectivity index (χ0) is 40.3. The van der Waals surface area contributed by atoms with Crippen LogP contribution in [0, 0.1) is 10.8 Å². The van der Waals surface area contributed by atoms with Crippen LogP contribution in [-0.4, -0.2) is 110 Å². The van der Waals surface area contributed by atoms with Gasteiger partial charge in [0.25, 0.3) is 11.8 Å². The van der Waals surface area contributed by atoms with Gasteiger partial charge in [-0.15, -0.1) is 0 Å². The standard InChI is InChI=1S/C20H27N3O4.C20H27N3O3.CH4O.2CH4.B.Na.H/c1-18(25,26)13-5-4-12-11-19(8-6-14(27-3)7-9-19)20(15(12)10-13)16(24)23(2)17(21)22-20;1-12(24)13-4-5-14-11-19(8-6-15(26-3)7-9-19)20(16(14)10-13)17(25)23(2)18(21)22-20;1-2;;;;;/h4-5,10,14,25-26H,6-9,11H2,1-3H3,(H2,21,22);4-5,10,12,15,24H,6-9,11H2,1-3H3,(H2,21,22);2H,1H3;2*1H4;;;/q;;;;;;+1;-1. The van der Waals surface area contributed by atoms with Crippen LogP contribution in [0.1, 0.15) is 121 Å². The molecule has 2 aromatic carbocycles. The Bertz CT molecular complexity index is 1900. The number of hydrogen-bond donors (Lipinski definition) is 6. The van der Waals surface area contributed by atoms with Gasteiger partial charge in [0.1, 0.15) is 0 Å². The molecule has 2 aromatic rings. The summed E-state index contributed by atoms with van der Waals surface area (Å²) in [5.74, 6) is -1.68. The number of carbonyl (C=O) groups is 2. The Labute approximate surface area is 376 Å². The first kappa shape index (κ1) is 52.3. The number of carbonyl (C=O) groups excluding carboxylic acids is 2. The average molecular weight is 830 g/mol. The zero-order valence-corrected chi connectivity index (χ0v) is 36.7. The van der Waals surface area contributed by atoms with E-state index in [-0.39, 0.29) is 101 Å². The number of hydrogen-bond acceptors (Lipinski definition) is 12. The number of guanidine groups is 2. The Morgan fingerprint density at radius 1 is 0.780 bits per heavy atom. The first-order valence-corrected chi connectivity index (χ1v) is 19.2. The molecular weight excluding hydrogens is 762 g/mol. The largest absolute Gasteiger partial charge is 1.00 e. The van der Waals surface area contributed by atoms with Gasteiger partial charge in [0, 0.05) is 60.2 Å². The van der Waals surface area contributed by atoms with Crippen molar-refractivity contribution >= 4 is 32.1 Å². The zero-order valence-electron chi connectivity index (χ0n) is 35.7. The summed E-state index contributed by atoms with van der Waals surface area (Å²) in [5.41, 5.74) is 14.5. The van der Waals surface area contributed by atoms with Crippen molar-refractivity contribution in [1.29, 1.82) is 0 Å². The topological polar surface area (TPSA) is 217 Å². The third-order valence-corrected chi connectivity index (χ3v) is 13.6. The summed E-state index contributed by atoms with van der Waals surface area (Å²) in [4.78, 5) is 39.3. The van der Waals surface area contributed by atoms with E-state index in [0.717, 1.165) is 99.1 Å². The van der Waals surface area contributed by atoms with E-state index < -0.39 is 23.0 Å². The summed E-state index contributed by atoms with van der Waals surface area (Å²) < 4.78 is 11.1. The second-order valence-corrected chi connectivity index (χ2v) is 16.4. The van der Waals surface area contributed by atoms with Gasteiger partial charge in [-0.2, -0.15) is 0 Å². The smallest absolute Gasteiger partial charge is 1.00 e. The first-order chi connectivity index (χ1) is 26.0. The Morgan fingerprint density at radius 3 is 1.47 bits per heavy atom. The van der Waals surface area contributed by atoms with E-state index in [1.54, 1.807) is 47.4 Å². The van der Waals surface area contributed by atoms with Gasteiger partial charge in [-0.1, -0.05) is 39.1 Å². The fourth-order valence-electron chi connectivity index (χ4n) is 10.4. The Morgan fingerprint density at radius 2 is 1.15 bits per heavy atom. The third kappa shape index (κ3) is 8.04. The third-order valence-electron chi connectivity index (χ3n) is 13.6. The van der Waals surface area contributed by atoms with E-state index in [9.17, 15) is 24.9 Å². The molecule has 2 amide bonds. The molecule has 2 saturated carbocycles. The maximum Gasteiger partial charge on any atom is 1.00 e. The van der Waals surface area contributed by atoms with Crippen molar-refractivity contribution < 1.29 is 70.5 Å². The number of benzene rings is 2. The van der Waals surface area contributed by atoms with E-state index in [1.165, 1.54) is 16.7 Å². The van der Waals surface area contributed by atoms with Crippen molar-refractivity contribution in [3.05, 3.63) is 69.8 Å². The maximum atomic E-state index is 13.5. The number of likely N-dealkylation sites (N-methyl/N-ethyl adjacent to an activating group) is 2. The molecule has 3 unspecified atom stereocenters. The Kier molecular flexibility index (Phi) is 16.9. The Hall–Kier alpha value is -2.86. The summed E-state index contributed by atoms with van der Waals surface area (Å²) >= 11 is 0. The predicted octanol–water partition coefficient (Wildman–Crippen LogP) is 0.427. The molecule has 4 spiro atoms. The van der Waals surface area contributed by atoms with E-state index in [1.807, 2.05) is 24.3 Å². The van der Waals surface area contributed by atoms with Crippen molar-refractivity contribution in [3.8, 4) is 0 Å². The van der Waals surface area contributed by atoms with E-state index in [4.69, 9.17) is 36.0 Å². The molecule has 4 aliphatic carbocycles. The van der Waals surface area contributed by atoms with Crippen LogP contribution in [-0.2, 0) is 48.8 Å². The summed E-state index contributed by atoms with van der Waals surface area (Å²) in [6.45, 7) is 3.05. The minimum Gasteiger partial charge on any atom is -1.00 e. The molecule has 59 heavy (non-hydrogen) atoms. The van der Waals surface area contributed by atoms with Crippen LogP contribution in [0.3, 0.4) is 0 Å². The van der Waals surface area contributed by atoms with Crippen LogP contribution in [0.2, 0.25) is 0 Å². The predicted molar refractivity (Wildman–Crippen MR) is 227 cm³/mol. The molecule has 8 N–H and O–H groups in total. The maximum absolute atomic E-state index is 13.5. The average Bonchev–Trinajstić information content (AvgIpc) is 3.77. The number of aliphatic hydroxyl groups is 4. The molecule has 14 nitrogen and oxygen atoms in total. The molecule has 321 valence electrons. The molecule has 2 heterocycles. The van der Waals surface area contributed by atoms with Crippen LogP contribution in [0.5, 0.6) is 0 Å². The quantitative estimate of drug-likeness (QED) is 0.185. The van der Waals surface area contributed by atoms with Crippen molar-refractivity contribution in [2.24, 2.45) is 32.3 Å². The number of nitrogens with two attached hydrogens (primary N) is 2. The van der Waals surface area contributed by atoms with Gasteiger partial charge in [-0.25, -0.2) is 9.98 Å². The number of methoxy groups -OCH3 is 2. The van der Waals surface area contributed by atoms with Crippen LogP contribution < -0.4 is 41.0 Å². The molecule has 3 radical (unpaired) electrons. The number of ether oxygens (including phenoxy) is 2. The van der Waals surface area contributed by atoms with E-state index in [0.29, 0.717) is 5.56 Å². The molecule has 8 rings (SSSR count). The summed E-state index contributed by atoms with van der Waals surface area (Å²) in [6, 6.07) is 11.3. The minimum atomic E-state index is -1.98. The SMILES string of the molecule is C.C.CO.COC1CCC2(CC1)Cc1ccc(C(C)(O)O)cc1C21N=C(N)N(C)C1=O.COC1CCC2(CC1)Cc1ccc(C(C)O)cc1C21N=C(N)N(C)C1=O.[B].[H-].[Na+]. The molecule has 0 saturated heterocycles. The van der Waals surface area contributed by atoms with Gasteiger partial charge in [-0.3, -0.25) is 19.4 Å². The number of amides is 2. The number of nitrogens with zero attached hydrogens (tertiary/aromatic N) is 4. The van der Waals surface area contributed by atoms with Crippen molar-refractivity contribution in [2.75, 3.05) is 35.4 Å². The molecule has 0 bridgehead atoms. The molecule has 2 fully saturated rings. The van der Waals surface area contributed by atoms with Crippen LogP contribution >= 0.6 is 0 Å².